The molecule has 0 radical (unpaired) electrons. The van der Waals surface area contributed by atoms with Gasteiger partial charge in [-0.3, -0.25) is 4.79 Å². The van der Waals surface area contributed by atoms with Crippen molar-refractivity contribution < 1.29 is 14.6 Å². The Labute approximate surface area is 133 Å². The van der Waals surface area contributed by atoms with Gasteiger partial charge >= 0.3 is 0 Å². The highest BCUT2D eigenvalue weighted by Crippen LogP contribution is 2.27. The Hall–Kier alpha value is -2.20. The fourth-order valence-electron chi connectivity index (χ4n) is 2.32. The molecule has 0 bridgehead atoms. The Morgan fingerprint density at radius 1 is 1.27 bits per heavy atom. The molecule has 2 aromatic rings. The van der Waals surface area contributed by atoms with E-state index in [2.05, 4.69) is 0 Å². The van der Waals surface area contributed by atoms with Crippen LogP contribution in [0.25, 0.3) is 0 Å². The van der Waals surface area contributed by atoms with E-state index in [1.807, 2.05) is 18.2 Å². The van der Waals surface area contributed by atoms with Gasteiger partial charge in [0.2, 0.25) is 0 Å². The Bertz CT molecular complexity index is 711. The number of phenols is 1. The summed E-state index contributed by atoms with van der Waals surface area (Å²) in [6, 6.07) is 12.2. The van der Waals surface area contributed by atoms with Crippen molar-refractivity contribution in [2.24, 2.45) is 0 Å². The van der Waals surface area contributed by atoms with Crippen LogP contribution in [0, 0.1) is 6.92 Å². The van der Waals surface area contributed by atoms with Crippen LogP contribution in [0.2, 0.25) is 5.02 Å². The van der Waals surface area contributed by atoms with Crippen molar-refractivity contribution in [1.82, 2.24) is 4.90 Å². The molecule has 0 aromatic heterocycles. The molecule has 0 saturated carbocycles. The Balaban J connectivity index is 1.60. The highest BCUT2D eigenvalue weighted by molar-refractivity contribution is 6.32. The molecule has 1 heterocycles. The average Bonchev–Trinajstić information content (AvgIpc) is 2.46. The molecular weight excluding hydrogens is 302 g/mol. The van der Waals surface area contributed by atoms with Crippen molar-refractivity contribution >= 4 is 17.5 Å². The van der Waals surface area contributed by atoms with Crippen LogP contribution in [0.3, 0.4) is 0 Å². The van der Waals surface area contributed by atoms with Crippen LogP contribution in [-0.4, -0.2) is 35.1 Å². The van der Waals surface area contributed by atoms with Gasteiger partial charge in [-0.25, -0.2) is 0 Å². The van der Waals surface area contributed by atoms with Crippen molar-refractivity contribution in [2.45, 2.75) is 13.0 Å². The Morgan fingerprint density at radius 2 is 2.00 bits per heavy atom. The predicted molar refractivity (Wildman–Crippen MR) is 84.6 cm³/mol. The van der Waals surface area contributed by atoms with Gasteiger partial charge in [-0.2, -0.15) is 0 Å². The van der Waals surface area contributed by atoms with E-state index in [-0.39, 0.29) is 17.8 Å². The van der Waals surface area contributed by atoms with Crippen molar-refractivity contribution in [3.63, 3.8) is 0 Å². The molecule has 1 amide bonds. The molecule has 5 heteroatoms. The van der Waals surface area contributed by atoms with Crippen LogP contribution in [0.4, 0.5) is 0 Å². The normalized spacial score (nSPS) is 14.5. The summed E-state index contributed by atoms with van der Waals surface area (Å²) in [6.07, 6.45) is -0.0529. The van der Waals surface area contributed by atoms with Crippen molar-refractivity contribution in [2.75, 3.05) is 13.1 Å². The molecular formula is C17H16ClNO3. The monoisotopic (exact) mass is 317 g/mol. The summed E-state index contributed by atoms with van der Waals surface area (Å²) < 4.78 is 5.76. The van der Waals surface area contributed by atoms with E-state index >= 15 is 0 Å². The number of carbonyl (C=O) groups is 1. The molecule has 0 atom stereocenters. The first kappa shape index (κ1) is 14.7. The molecule has 0 unspecified atom stereocenters. The summed E-state index contributed by atoms with van der Waals surface area (Å²) in [4.78, 5) is 14.0. The molecule has 4 nitrogen and oxygen atoms in total. The molecule has 1 fully saturated rings. The molecule has 1 saturated heterocycles. The van der Waals surface area contributed by atoms with Crippen LogP contribution >= 0.6 is 11.6 Å². The zero-order valence-electron chi connectivity index (χ0n) is 12.1. The second-order valence-corrected chi connectivity index (χ2v) is 5.79. The van der Waals surface area contributed by atoms with Crippen LogP contribution in [0.1, 0.15) is 15.9 Å². The molecule has 2 aromatic carbocycles. The number of hydrogen-bond acceptors (Lipinski definition) is 3. The Kier molecular flexibility index (Phi) is 3.94. The van der Waals surface area contributed by atoms with Crippen molar-refractivity contribution in [1.29, 1.82) is 0 Å². The van der Waals surface area contributed by atoms with Gasteiger partial charge in [0.1, 0.15) is 17.6 Å². The number of aryl methyl sites for hydroxylation is 1. The topological polar surface area (TPSA) is 49.8 Å². The second-order valence-electron chi connectivity index (χ2n) is 5.38. The maximum absolute atomic E-state index is 12.3. The van der Waals surface area contributed by atoms with Gasteiger partial charge in [-0.1, -0.05) is 29.8 Å². The lowest BCUT2D eigenvalue weighted by atomic mass is 10.1. The van der Waals surface area contributed by atoms with Gasteiger partial charge in [-0.05, 0) is 36.8 Å². The molecule has 3 rings (SSSR count). The first-order valence-electron chi connectivity index (χ1n) is 7.04. The van der Waals surface area contributed by atoms with Crippen molar-refractivity contribution in [3.05, 3.63) is 58.6 Å². The van der Waals surface area contributed by atoms with E-state index in [9.17, 15) is 9.90 Å². The first-order chi connectivity index (χ1) is 10.5. The smallest absolute Gasteiger partial charge is 0.254 e. The number of nitrogens with zero attached hydrogens (tertiary/aromatic N) is 1. The summed E-state index contributed by atoms with van der Waals surface area (Å²) in [7, 11) is 0. The van der Waals surface area contributed by atoms with Crippen LogP contribution < -0.4 is 4.74 Å². The lowest BCUT2D eigenvalue weighted by Gasteiger charge is -2.39. The minimum atomic E-state index is -0.102. The van der Waals surface area contributed by atoms with Gasteiger partial charge in [0.25, 0.3) is 5.91 Å². The number of likely N-dealkylation sites (tertiary alicyclic amines) is 1. The van der Waals surface area contributed by atoms with Gasteiger partial charge in [0, 0.05) is 5.56 Å². The predicted octanol–water partition coefficient (Wildman–Crippen LogP) is 3.26. The number of ether oxygens (including phenoxy) is 1. The Morgan fingerprint density at radius 3 is 2.68 bits per heavy atom. The van der Waals surface area contributed by atoms with Crippen molar-refractivity contribution in [3.8, 4) is 11.5 Å². The first-order valence-corrected chi connectivity index (χ1v) is 7.42. The molecule has 0 aliphatic carbocycles. The summed E-state index contributed by atoms with van der Waals surface area (Å²) >= 11 is 6.04. The molecule has 1 aliphatic heterocycles. The zero-order valence-corrected chi connectivity index (χ0v) is 12.9. The fourth-order valence-corrected chi connectivity index (χ4v) is 2.50. The lowest BCUT2D eigenvalue weighted by molar-refractivity contribution is 0.0178. The largest absolute Gasteiger partial charge is 0.508 e. The number of amides is 1. The zero-order chi connectivity index (χ0) is 15.7. The average molecular weight is 318 g/mol. The maximum Gasteiger partial charge on any atom is 0.254 e. The number of phenolic OH excluding ortho intramolecular Hbond substituents is 1. The number of benzene rings is 2. The standard InChI is InChI=1S/C17H16ClNO3/c1-11-6-7-12(8-15(11)20)17(21)19-9-13(10-19)22-16-5-3-2-4-14(16)18/h2-8,13,20H,9-10H2,1H3. The SMILES string of the molecule is Cc1ccc(C(=O)N2CC(Oc3ccccc3Cl)C2)cc1O. The highest BCUT2D eigenvalue weighted by atomic mass is 35.5. The second kappa shape index (κ2) is 5.89. The van der Waals surface area contributed by atoms with E-state index in [1.54, 1.807) is 30.0 Å². The van der Waals surface area contributed by atoms with E-state index in [0.29, 0.717) is 29.4 Å². The van der Waals surface area contributed by atoms with E-state index in [4.69, 9.17) is 16.3 Å². The van der Waals surface area contributed by atoms with E-state index in [0.717, 1.165) is 5.56 Å². The minimum Gasteiger partial charge on any atom is -0.508 e. The maximum atomic E-state index is 12.3. The van der Waals surface area contributed by atoms with Gasteiger partial charge in [0.15, 0.2) is 0 Å². The summed E-state index contributed by atoms with van der Waals surface area (Å²) in [5, 5.41) is 10.3. The van der Waals surface area contributed by atoms with Crippen LogP contribution in [0.5, 0.6) is 11.5 Å². The highest BCUT2D eigenvalue weighted by Gasteiger charge is 2.33. The third kappa shape index (κ3) is 2.88. The molecule has 114 valence electrons. The van der Waals surface area contributed by atoms with Crippen LogP contribution in [0.15, 0.2) is 42.5 Å². The van der Waals surface area contributed by atoms with E-state index in [1.165, 1.54) is 6.07 Å². The number of halogens is 1. The van der Waals surface area contributed by atoms with E-state index < -0.39 is 0 Å². The third-order valence-electron chi connectivity index (χ3n) is 3.72. The number of para-hydroxylation sites is 1. The van der Waals surface area contributed by atoms with Gasteiger partial charge in [-0.15, -0.1) is 0 Å². The minimum absolute atomic E-state index is 0.0529. The summed E-state index contributed by atoms with van der Waals surface area (Å²) in [6.45, 7) is 2.82. The number of aromatic hydroxyl groups is 1. The third-order valence-corrected chi connectivity index (χ3v) is 4.03. The molecule has 0 spiro atoms. The summed E-state index contributed by atoms with van der Waals surface area (Å²) in [5.74, 6) is 0.666. The number of hydrogen-bond donors (Lipinski definition) is 1. The number of rotatable bonds is 3. The quantitative estimate of drug-likeness (QED) is 0.945. The van der Waals surface area contributed by atoms with Gasteiger partial charge < -0.3 is 14.7 Å². The fraction of sp³-hybridized carbons (Fsp3) is 0.235. The number of carbonyl (C=O) groups excluding carboxylic acids is 1. The summed E-state index contributed by atoms with van der Waals surface area (Å²) in [5.41, 5.74) is 1.24. The lowest BCUT2D eigenvalue weighted by Crippen LogP contribution is -2.56. The van der Waals surface area contributed by atoms with Crippen LogP contribution in [-0.2, 0) is 0 Å². The molecule has 22 heavy (non-hydrogen) atoms. The van der Waals surface area contributed by atoms with Gasteiger partial charge in [0.05, 0.1) is 18.1 Å². The molecule has 1 aliphatic rings. The molecule has 1 N–H and O–H groups in total.